The molecule has 0 saturated heterocycles. The first kappa shape index (κ1) is 21.3. The van der Waals surface area contributed by atoms with Crippen LogP contribution in [0.3, 0.4) is 0 Å². The molecule has 5 unspecified atom stereocenters. The summed E-state index contributed by atoms with van der Waals surface area (Å²) in [5, 5.41) is -0.0847. The van der Waals surface area contributed by atoms with Gasteiger partial charge in [0.2, 0.25) is 0 Å². The molecule has 5 nitrogen and oxygen atoms in total. The molecule has 1 amide bonds. The van der Waals surface area contributed by atoms with Gasteiger partial charge in [0.1, 0.15) is 11.9 Å². The molecule has 3 aliphatic rings. The highest BCUT2D eigenvalue weighted by Crippen LogP contribution is 2.48. The number of alkyl halides is 1. The Morgan fingerprint density at radius 2 is 1.90 bits per heavy atom. The molecule has 0 radical (unpaired) electrons. The molecule has 2 heterocycles. The van der Waals surface area contributed by atoms with Gasteiger partial charge in [0.25, 0.3) is 5.91 Å². The molecule has 1 aliphatic carbocycles. The van der Waals surface area contributed by atoms with Crippen molar-refractivity contribution in [2.24, 2.45) is 11.8 Å². The Hall–Kier alpha value is -1.92. The van der Waals surface area contributed by atoms with Crippen LogP contribution in [0.5, 0.6) is 0 Å². The van der Waals surface area contributed by atoms with E-state index < -0.39 is 6.04 Å². The van der Waals surface area contributed by atoms with Gasteiger partial charge >= 0.3 is 0 Å². The fraction of sp³-hybridized carbons (Fsp3) is 0.565. The lowest BCUT2D eigenvalue weighted by atomic mass is 9.74. The minimum atomic E-state index is -0.545. The van der Waals surface area contributed by atoms with E-state index >= 15 is 0 Å². The summed E-state index contributed by atoms with van der Waals surface area (Å²) in [7, 11) is 3.96. The zero-order chi connectivity index (χ0) is 21.6. The van der Waals surface area contributed by atoms with Gasteiger partial charge in [0.05, 0.1) is 17.5 Å². The van der Waals surface area contributed by atoms with Gasteiger partial charge in [0, 0.05) is 11.9 Å². The summed E-state index contributed by atoms with van der Waals surface area (Å²) in [4.78, 5) is 30.6. The third-order valence-corrected chi connectivity index (χ3v) is 7.10. The van der Waals surface area contributed by atoms with Gasteiger partial charge in [-0.05, 0) is 63.5 Å². The van der Waals surface area contributed by atoms with E-state index in [1.54, 1.807) is 17.0 Å². The van der Waals surface area contributed by atoms with Crippen molar-refractivity contribution in [3.8, 4) is 0 Å². The highest BCUT2D eigenvalue weighted by molar-refractivity contribution is 6.21. The second-order valence-corrected chi connectivity index (χ2v) is 9.50. The topological polar surface area (TPSA) is 49.9 Å². The molecule has 1 saturated carbocycles. The van der Waals surface area contributed by atoms with Gasteiger partial charge in [0.15, 0.2) is 11.5 Å². The van der Waals surface area contributed by atoms with Crippen LogP contribution in [0, 0.1) is 17.7 Å². The van der Waals surface area contributed by atoms with Crippen LogP contribution in [0.2, 0.25) is 0 Å². The Balaban J connectivity index is 1.70. The molecular weight excluding hydrogens is 407 g/mol. The molecule has 1 fully saturated rings. The zero-order valence-electron chi connectivity index (χ0n) is 17.6. The number of fused-ring (bicyclic) bond motifs is 1. The van der Waals surface area contributed by atoms with E-state index in [9.17, 15) is 14.0 Å². The van der Waals surface area contributed by atoms with Crippen molar-refractivity contribution in [3.63, 3.8) is 0 Å². The van der Waals surface area contributed by atoms with E-state index in [-0.39, 0.29) is 46.6 Å². The highest BCUT2D eigenvalue weighted by atomic mass is 35.5. The maximum absolute atomic E-state index is 13.6. The number of benzene rings is 1. The Morgan fingerprint density at radius 3 is 2.57 bits per heavy atom. The van der Waals surface area contributed by atoms with Gasteiger partial charge < -0.3 is 14.5 Å². The van der Waals surface area contributed by atoms with Gasteiger partial charge in [-0.2, -0.15) is 0 Å². The van der Waals surface area contributed by atoms with Crippen molar-refractivity contribution in [2.45, 2.75) is 43.7 Å². The Bertz CT molecular complexity index is 870. The van der Waals surface area contributed by atoms with E-state index in [4.69, 9.17) is 16.3 Å². The molecule has 5 atom stereocenters. The smallest absolute Gasteiger partial charge is 0.290 e. The summed E-state index contributed by atoms with van der Waals surface area (Å²) < 4.78 is 19.7. The van der Waals surface area contributed by atoms with Crippen LogP contribution in [-0.4, -0.2) is 60.2 Å². The van der Waals surface area contributed by atoms with E-state index in [2.05, 4.69) is 11.8 Å². The summed E-state index contributed by atoms with van der Waals surface area (Å²) in [6.07, 6.45) is 1.67. The summed E-state index contributed by atoms with van der Waals surface area (Å²) >= 11 is 6.47. The molecule has 0 aromatic heterocycles. The minimum Gasteiger partial charge on any atom is -0.483 e. The van der Waals surface area contributed by atoms with Gasteiger partial charge in [-0.1, -0.05) is 19.1 Å². The standard InChI is InChI=1S/C23H28ClFN2O3/c1-13-11-18-16(12-17(13)24)21(28)19-20(14-5-7-15(25)8-6-14)27(10-4-9-26(2)3)23(29)22(19)30-18/h5-8,13,16-18,20H,4,9-12H2,1-3H3. The van der Waals surface area contributed by atoms with Crippen LogP contribution >= 0.6 is 11.6 Å². The third-order valence-electron chi connectivity index (χ3n) is 6.50. The lowest BCUT2D eigenvalue weighted by Crippen LogP contribution is -2.44. The fourth-order valence-corrected chi connectivity index (χ4v) is 5.14. The van der Waals surface area contributed by atoms with Gasteiger partial charge in [-0.3, -0.25) is 9.59 Å². The predicted molar refractivity (Wildman–Crippen MR) is 112 cm³/mol. The third kappa shape index (κ3) is 3.76. The van der Waals surface area contributed by atoms with Crippen molar-refractivity contribution >= 4 is 23.3 Å². The predicted octanol–water partition coefficient (Wildman–Crippen LogP) is 3.54. The second-order valence-electron chi connectivity index (χ2n) is 8.94. The van der Waals surface area contributed by atoms with E-state index in [0.717, 1.165) is 18.5 Å². The maximum Gasteiger partial charge on any atom is 0.290 e. The van der Waals surface area contributed by atoms with Crippen LogP contribution in [0.15, 0.2) is 35.6 Å². The molecule has 1 aromatic carbocycles. The number of Topliss-reactive ketones (excluding diaryl/α,β-unsaturated/α-hetero) is 1. The highest BCUT2D eigenvalue weighted by Gasteiger charge is 2.53. The van der Waals surface area contributed by atoms with Crippen LogP contribution in [0.4, 0.5) is 4.39 Å². The number of ether oxygens (including phenoxy) is 1. The van der Waals surface area contributed by atoms with E-state index in [0.29, 0.717) is 25.0 Å². The molecular formula is C23H28ClFN2O3. The maximum atomic E-state index is 13.6. The summed E-state index contributed by atoms with van der Waals surface area (Å²) in [6.45, 7) is 3.36. The van der Waals surface area contributed by atoms with Gasteiger partial charge in [-0.25, -0.2) is 4.39 Å². The van der Waals surface area contributed by atoms with Crippen molar-refractivity contribution in [2.75, 3.05) is 27.2 Å². The van der Waals surface area contributed by atoms with Crippen molar-refractivity contribution in [1.82, 2.24) is 9.80 Å². The summed E-state index contributed by atoms with van der Waals surface area (Å²) in [5.41, 5.74) is 1.14. The molecule has 30 heavy (non-hydrogen) atoms. The number of rotatable bonds is 5. The average molecular weight is 435 g/mol. The molecule has 2 aliphatic heterocycles. The van der Waals surface area contributed by atoms with E-state index in [1.807, 2.05) is 14.1 Å². The first-order valence-electron chi connectivity index (χ1n) is 10.6. The molecule has 0 spiro atoms. The Kier molecular flexibility index (Phi) is 5.90. The molecule has 1 aromatic rings. The van der Waals surface area contributed by atoms with Gasteiger partial charge in [-0.15, -0.1) is 11.6 Å². The van der Waals surface area contributed by atoms with Crippen LogP contribution < -0.4 is 0 Å². The van der Waals surface area contributed by atoms with Crippen molar-refractivity contribution < 1.29 is 18.7 Å². The number of hydrogen-bond donors (Lipinski definition) is 0. The molecule has 0 N–H and O–H groups in total. The number of hydrogen-bond acceptors (Lipinski definition) is 4. The fourth-order valence-electron chi connectivity index (χ4n) is 4.85. The van der Waals surface area contributed by atoms with E-state index in [1.165, 1.54) is 12.1 Å². The number of nitrogens with zero attached hydrogens (tertiary/aromatic N) is 2. The molecule has 162 valence electrons. The lowest BCUT2D eigenvalue weighted by molar-refractivity contribution is -0.136. The first-order valence-corrected chi connectivity index (χ1v) is 11.0. The number of amides is 1. The SMILES string of the molecule is CC1CC2OC3=C(C(=O)C2CC1Cl)C(c1ccc(F)cc1)N(CCCN(C)C)C3=O. The average Bonchev–Trinajstić information content (AvgIpc) is 2.97. The quantitative estimate of drug-likeness (QED) is 0.665. The van der Waals surface area contributed by atoms with Crippen molar-refractivity contribution in [1.29, 1.82) is 0 Å². The molecule has 4 rings (SSSR count). The Labute approximate surface area is 181 Å². The largest absolute Gasteiger partial charge is 0.483 e. The van der Waals surface area contributed by atoms with Crippen LogP contribution in [0.25, 0.3) is 0 Å². The first-order chi connectivity index (χ1) is 14.3. The number of carbonyl (C=O) groups excluding carboxylic acids is 2. The number of ketones is 1. The van der Waals surface area contributed by atoms with Crippen molar-refractivity contribution in [3.05, 3.63) is 47.0 Å². The Morgan fingerprint density at radius 1 is 1.20 bits per heavy atom. The number of halogens is 2. The lowest BCUT2D eigenvalue weighted by Gasteiger charge is -2.40. The summed E-state index contributed by atoms with van der Waals surface area (Å²) in [6, 6.07) is 5.48. The molecule has 0 bridgehead atoms. The number of carbonyl (C=O) groups is 2. The zero-order valence-corrected chi connectivity index (χ0v) is 18.4. The minimum absolute atomic E-state index is 0.0448. The van der Waals surface area contributed by atoms with Crippen LogP contribution in [0.1, 0.15) is 37.8 Å². The monoisotopic (exact) mass is 434 g/mol. The normalized spacial score (nSPS) is 31.1. The summed E-state index contributed by atoms with van der Waals surface area (Å²) in [5.74, 6) is -0.569. The van der Waals surface area contributed by atoms with Crippen LogP contribution in [-0.2, 0) is 14.3 Å². The second kappa shape index (κ2) is 8.31. The molecule has 7 heteroatoms.